The van der Waals surface area contributed by atoms with Crippen LogP contribution in [0.2, 0.25) is 0 Å². The van der Waals surface area contributed by atoms with Gasteiger partial charge in [0, 0.05) is 25.9 Å². The Morgan fingerprint density at radius 2 is 2.29 bits per heavy atom. The smallest absolute Gasteiger partial charge is 0.250 e. The molecular weight excluding hydrogens is 242 g/mol. The molecule has 2 N–H and O–H groups in total. The summed E-state index contributed by atoms with van der Waals surface area (Å²) in [5, 5.41) is 5.96. The Hall–Kier alpha value is -1.33. The van der Waals surface area contributed by atoms with Gasteiger partial charge < -0.3 is 15.2 Å². The van der Waals surface area contributed by atoms with Crippen LogP contribution in [0.1, 0.15) is 6.42 Å². The monoisotopic (exact) mass is 257 g/mol. The van der Waals surface area contributed by atoms with Gasteiger partial charge in [-0.1, -0.05) is 0 Å². The van der Waals surface area contributed by atoms with Gasteiger partial charge in [-0.15, -0.1) is 12.4 Å². The third kappa shape index (κ3) is 3.31. The van der Waals surface area contributed by atoms with Crippen LogP contribution in [0.15, 0.2) is 23.1 Å². The highest BCUT2D eigenvalue weighted by Gasteiger charge is 2.22. The molecule has 1 atom stereocenters. The number of rotatable bonds is 2. The van der Waals surface area contributed by atoms with Crippen LogP contribution in [0.3, 0.4) is 0 Å². The van der Waals surface area contributed by atoms with E-state index in [9.17, 15) is 9.59 Å². The van der Waals surface area contributed by atoms with Crippen LogP contribution in [-0.4, -0.2) is 23.6 Å². The largest absolute Gasteiger partial charge is 0.325 e. The van der Waals surface area contributed by atoms with Crippen molar-refractivity contribution in [2.45, 2.75) is 6.42 Å². The zero-order valence-corrected chi connectivity index (χ0v) is 10.4. The Morgan fingerprint density at radius 1 is 1.53 bits per heavy atom. The minimum atomic E-state index is -0.0828. The normalized spacial score (nSPS) is 18.5. The summed E-state index contributed by atoms with van der Waals surface area (Å²) in [6, 6.07) is 3.07. The lowest BCUT2D eigenvalue weighted by Gasteiger charge is -2.10. The van der Waals surface area contributed by atoms with E-state index >= 15 is 0 Å². The number of aromatic nitrogens is 1. The van der Waals surface area contributed by atoms with Gasteiger partial charge in [0.1, 0.15) is 0 Å². The van der Waals surface area contributed by atoms with Crippen molar-refractivity contribution in [1.29, 1.82) is 0 Å². The number of halogens is 1. The van der Waals surface area contributed by atoms with Crippen molar-refractivity contribution in [1.82, 2.24) is 9.88 Å². The molecule has 6 heteroatoms. The van der Waals surface area contributed by atoms with E-state index in [0.717, 1.165) is 19.5 Å². The summed E-state index contributed by atoms with van der Waals surface area (Å²) >= 11 is 0. The van der Waals surface area contributed by atoms with E-state index < -0.39 is 0 Å². The highest BCUT2D eigenvalue weighted by molar-refractivity contribution is 5.92. The zero-order chi connectivity index (χ0) is 11.5. The maximum atomic E-state index is 11.8. The topological polar surface area (TPSA) is 63.1 Å². The SMILES string of the molecule is Cl.Cn1cc(NC(=O)C2CCNC2)ccc1=O. The van der Waals surface area contributed by atoms with Gasteiger partial charge >= 0.3 is 0 Å². The average molecular weight is 258 g/mol. The van der Waals surface area contributed by atoms with Gasteiger partial charge in [-0.05, 0) is 19.0 Å². The molecule has 2 rings (SSSR count). The van der Waals surface area contributed by atoms with Gasteiger partial charge in [0.2, 0.25) is 11.5 Å². The third-order valence-electron chi connectivity index (χ3n) is 2.78. The molecule has 1 saturated heterocycles. The second kappa shape index (κ2) is 5.84. The van der Waals surface area contributed by atoms with E-state index in [1.165, 1.54) is 10.6 Å². The molecule has 0 radical (unpaired) electrons. The molecule has 0 aliphatic carbocycles. The summed E-state index contributed by atoms with van der Waals surface area (Å²) in [5.74, 6) is 0.0564. The number of hydrogen-bond donors (Lipinski definition) is 2. The molecule has 0 bridgehead atoms. The van der Waals surface area contributed by atoms with Gasteiger partial charge in [0.25, 0.3) is 0 Å². The van der Waals surface area contributed by atoms with E-state index in [2.05, 4.69) is 10.6 Å². The molecule has 1 unspecified atom stereocenters. The molecule has 2 heterocycles. The predicted octanol–water partition coefficient (Wildman–Crippen LogP) is 0.355. The zero-order valence-electron chi connectivity index (χ0n) is 9.60. The second-order valence-electron chi connectivity index (χ2n) is 4.05. The van der Waals surface area contributed by atoms with Gasteiger partial charge in [0.15, 0.2) is 0 Å². The van der Waals surface area contributed by atoms with Crippen LogP contribution in [0, 0.1) is 5.92 Å². The molecule has 1 aliphatic rings. The van der Waals surface area contributed by atoms with Crippen LogP contribution in [0.4, 0.5) is 5.69 Å². The molecule has 0 spiro atoms. The maximum absolute atomic E-state index is 11.8. The van der Waals surface area contributed by atoms with Crippen molar-refractivity contribution in [3.05, 3.63) is 28.7 Å². The lowest BCUT2D eigenvalue weighted by Crippen LogP contribution is -2.25. The number of carbonyl (C=O) groups is 1. The number of aryl methyl sites for hydroxylation is 1. The Balaban J connectivity index is 0.00000144. The molecule has 0 aromatic carbocycles. The van der Waals surface area contributed by atoms with Crippen molar-refractivity contribution in [2.75, 3.05) is 18.4 Å². The number of anilines is 1. The van der Waals surface area contributed by atoms with E-state index in [4.69, 9.17) is 0 Å². The van der Waals surface area contributed by atoms with E-state index in [0.29, 0.717) is 5.69 Å². The molecule has 1 amide bonds. The lowest BCUT2D eigenvalue weighted by atomic mass is 10.1. The summed E-state index contributed by atoms with van der Waals surface area (Å²) in [5.41, 5.74) is 0.583. The van der Waals surface area contributed by atoms with Crippen LogP contribution >= 0.6 is 12.4 Å². The average Bonchev–Trinajstić information content (AvgIpc) is 2.77. The van der Waals surface area contributed by atoms with Gasteiger partial charge in [-0.2, -0.15) is 0 Å². The molecule has 1 aliphatic heterocycles. The highest BCUT2D eigenvalue weighted by Crippen LogP contribution is 2.11. The first-order valence-electron chi connectivity index (χ1n) is 5.35. The summed E-state index contributed by atoms with van der Waals surface area (Å²) in [7, 11) is 1.66. The molecule has 0 saturated carbocycles. The Morgan fingerprint density at radius 3 is 2.88 bits per heavy atom. The Bertz CT molecular complexity index is 452. The van der Waals surface area contributed by atoms with Crippen LogP contribution in [0.5, 0.6) is 0 Å². The Kier molecular flexibility index (Phi) is 4.72. The van der Waals surface area contributed by atoms with Crippen molar-refractivity contribution in [2.24, 2.45) is 13.0 Å². The summed E-state index contributed by atoms with van der Waals surface area (Å²) < 4.78 is 1.45. The number of pyridine rings is 1. The fraction of sp³-hybridized carbons (Fsp3) is 0.455. The molecule has 1 aromatic rings. The van der Waals surface area contributed by atoms with Crippen molar-refractivity contribution >= 4 is 24.0 Å². The first-order chi connectivity index (χ1) is 7.66. The van der Waals surface area contributed by atoms with Crippen molar-refractivity contribution in [3.8, 4) is 0 Å². The lowest BCUT2D eigenvalue weighted by molar-refractivity contribution is -0.119. The maximum Gasteiger partial charge on any atom is 0.250 e. The molecule has 1 fully saturated rings. The van der Waals surface area contributed by atoms with E-state index in [-0.39, 0.29) is 29.8 Å². The number of amides is 1. The minimum Gasteiger partial charge on any atom is -0.325 e. The molecule has 5 nitrogen and oxygen atoms in total. The number of hydrogen-bond acceptors (Lipinski definition) is 3. The van der Waals surface area contributed by atoms with Gasteiger partial charge in [-0.25, -0.2) is 0 Å². The molecule has 94 valence electrons. The van der Waals surface area contributed by atoms with Gasteiger partial charge in [-0.3, -0.25) is 9.59 Å². The van der Waals surface area contributed by atoms with E-state index in [1.54, 1.807) is 19.3 Å². The molecule has 17 heavy (non-hydrogen) atoms. The quantitative estimate of drug-likeness (QED) is 0.804. The van der Waals surface area contributed by atoms with E-state index in [1.807, 2.05) is 0 Å². The van der Waals surface area contributed by atoms with Crippen LogP contribution in [-0.2, 0) is 11.8 Å². The summed E-state index contributed by atoms with van der Waals surface area (Å²) in [6.45, 7) is 1.63. The van der Waals surface area contributed by atoms with Crippen molar-refractivity contribution < 1.29 is 4.79 Å². The Labute approximate surface area is 106 Å². The molecular formula is C11H16ClN3O2. The highest BCUT2D eigenvalue weighted by atomic mass is 35.5. The first-order valence-corrected chi connectivity index (χ1v) is 5.35. The fourth-order valence-corrected chi connectivity index (χ4v) is 1.79. The molecule has 1 aromatic heterocycles. The minimum absolute atomic E-state index is 0. The van der Waals surface area contributed by atoms with Gasteiger partial charge in [0.05, 0.1) is 11.6 Å². The summed E-state index contributed by atoms with van der Waals surface area (Å²) in [4.78, 5) is 22.9. The van der Waals surface area contributed by atoms with Crippen molar-refractivity contribution in [3.63, 3.8) is 0 Å². The standard InChI is InChI=1S/C11H15N3O2.ClH/c1-14-7-9(2-3-10(14)15)13-11(16)8-4-5-12-6-8;/h2-3,7-8,12H,4-6H2,1H3,(H,13,16);1H. The third-order valence-corrected chi connectivity index (χ3v) is 2.78. The first kappa shape index (κ1) is 13.7. The van der Waals surface area contributed by atoms with Crippen LogP contribution in [0.25, 0.3) is 0 Å². The van der Waals surface area contributed by atoms with Crippen LogP contribution < -0.4 is 16.2 Å². The number of carbonyl (C=O) groups excluding carboxylic acids is 1. The predicted molar refractivity (Wildman–Crippen MR) is 68.5 cm³/mol. The number of nitrogens with zero attached hydrogens (tertiary/aromatic N) is 1. The second-order valence-corrected chi connectivity index (χ2v) is 4.05. The fourth-order valence-electron chi connectivity index (χ4n) is 1.79. The summed E-state index contributed by atoms with van der Waals surface area (Å²) in [6.07, 6.45) is 2.50. The number of nitrogens with one attached hydrogen (secondary N) is 2.